The van der Waals surface area contributed by atoms with Gasteiger partial charge in [-0.3, -0.25) is 0 Å². The fraction of sp³-hybridized carbons (Fsp3) is 0.846. The lowest BCUT2D eigenvalue weighted by Crippen LogP contribution is -2.60. The number of carbonyl (C=O) groups excluding carboxylic acids is 2. The second-order valence-electron chi connectivity index (χ2n) is 6.20. The van der Waals surface area contributed by atoms with Gasteiger partial charge in [-0.25, -0.2) is 9.59 Å². The number of esters is 1. The Kier molecular flexibility index (Phi) is 7.98. The van der Waals surface area contributed by atoms with Gasteiger partial charge in [0.1, 0.15) is 11.6 Å². The number of nitrogens with one attached hydrogen (secondary N) is 1. The van der Waals surface area contributed by atoms with Crippen LogP contribution in [-0.2, 0) is 14.3 Å². The fourth-order valence-electron chi connectivity index (χ4n) is 1.40. The number of alkyl carbamates (subject to hydrolysis) is 1. The first-order valence-electron chi connectivity index (χ1n) is 7.11. The Morgan fingerprint density at radius 2 is 1.39 bits per heavy atom. The van der Waals surface area contributed by atoms with E-state index in [0.29, 0.717) is 0 Å². The van der Waals surface area contributed by atoms with E-state index in [0.717, 1.165) is 7.11 Å². The SMILES string of the molecule is COC(=O)[C@H](CSC(F)(F)C(F)(F)C(F)(F)C(F)(F)F)NC(=O)OC(C)(C)C. The molecule has 0 saturated heterocycles. The van der Waals surface area contributed by atoms with E-state index >= 15 is 0 Å². The maximum absolute atomic E-state index is 13.5. The average molecular weight is 453 g/mol. The van der Waals surface area contributed by atoms with Gasteiger partial charge in [-0.05, 0) is 20.8 Å². The number of amides is 1. The first kappa shape index (κ1) is 26.5. The second-order valence-corrected chi connectivity index (χ2v) is 7.33. The smallest absolute Gasteiger partial charge is 0.460 e. The molecule has 5 nitrogen and oxygen atoms in total. The van der Waals surface area contributed by atoms with Gasteiger partial charge in [-0.2, -0.15) is 39.5 Å². The van der Waals surface area contributed by atoms with Crippen molar-refractivity contribution in [2.24, 2.45) is 0 Å². The summed E-state index contributed by atoms with van der Waals surface area (Å²) in [6, 6.07) is -2.11. The topological polar surface area (TPSA) is 64.6 Å². The van der Waals surface area contributed by atoms with Gasteiger partial charge in [0.05, 0.1) is 7.11 Å². The van der Waals surface area contributed by atoms with Crippen molar-refractivity contribution in [1.82, 2.24) is 5.32 Å². The maximum Gasteiger partial charge on any atom is 0.460 e. The highest BCUT2D eigenvalue weighted by Gasteiger charge is 2.82. The standard InChI is InChI=1S/C13H16F9NO4S/c1-9(2,3)27-8(25)23-6(7(24)26-4)5-28-13(21,22)11(16,17)10(14,15)12(18,19)20/h6H,5H2,1-4H3,(H,23,25)/t6-/m0/s1. The number of ether oxygens (including phenoxy) is 2. The zero-order valence-electron chi connectivity index (χ0n) is 14.7. The van der Waals surface area contributed by atoms with E-state index in [1.54, 1.807) is 5.32 Å². The summed E-state index contributed by atoms with van der Waals surface area (Å²) in [4.78, 5) is 23.0. The van der Waals surface area contributed by atoms with Crippen molar-refractivity contribution in [2.75, 3.05) is 12.9 Å². The van der Waals surface area contributed by atoms with Crippen molar-refractivity contribution in [1.29, 1.82) is 0 Å². The second kappa shape index (κ2) is 8.45. The van der Waals surface area contributed by atoms with Gasteiger partial charge in [0, 0.05) is 5.75 Å². The minimum absolute atomic E-state index is 0.724. The Balaban J connectivity index is 5.43. The molecular formula is C13H16F9NO4S. The Morgan fingerprint density at radius 3 is 1.75 bits per heavy atom. The van der Waals surface area contributed by atoms with Crippen LogP contribution in [0.15, 0.2) is 0 Å². The summed E-state index contributed by atoms with van der Waals surface area (Å²) >= 11 is -1.39. The molecule has 0 fully saturated rings. The summed E-state index contributed by atoms with van der Waals surface area (Å²) in [5.74, 6) is -16.9. The van der Waals surface area contributed by atoms with E-state index < -0.39 is 64.5 Å². The largest absolute Gasteiger partial charge is 0.467 e. The maximum atomic E-state index is 13.5. The molecule has 0 aliphatic rings. The number of hydrogen-bond acceptors (Lipinski definition) is 5. The highest BCUT2D eigenvalue weighted by Crippen LogP contribution is 2.56. The van der Waals surface area contributed by atoms with Crippen molar-refractivity contribution < 1.29 is 58.6 Å². The summed E-state index contributed by atoms with van der Waals surface area (Å²) < 4.78 is 124. The average Bonchev–Trinajstić information content (AvgIpc) is 2.47. The van der Waals surface area contributed by atoms with Gasteiger partial charge in [0.15, 0.2) is 0 Å². The summed E-state index contributed by atoms with van der Waals surface area (Å²) in [6.07, 6.45) is -8.34. The Morgan fingerprint density at radius 1 is 0.929 bits per heavy atom. The molecule has 0 aromatic rings. The molecule has 0 rings (SSSR count). The number of thioether (sulfide) groups is 1. The van der Waals surface area contributed by atoms with E-state index in [-0.39, 0.29) is 0 Å². The molecule has 166 valence electrons. The number of methoxy groups -OCH3 is 1. The molecule has 0 radical (unpaired) electrons. The predicted octanol–water partition coefficient (Wildman–Crippen LogP) is 4.21. The molecule has 0 spiro atoms. The van der Waals surface area contributed by atoms with Crippen molar-refractivity contribution in [3.05, 3.63) is 0 Å². The zero-order chi connectivity index (χ0) is 22.8. The van der Waals surface area contributed by atoms with Crippen molar-refractivity contribution in [3.63, 3.8) is 0 Å². The minimum atomic E-state index is -7.06. The first-order valence-corrected chi connectivity index (χ1v) is 8.09. The van der Waals surface area contributed by atoms with Crippen LogP contribution in [-0.4, -0.2) is 59.8 Å². The van der Waals surface area contributed by atoms with Gasteiger partial charge in [0.2, 0.25) is 0 Å². The van der Waals surface area contributed by atoms with Gasteiger partial charge in [-0.1, -0.05) is 11.8 Å². The van der Waals surface area contributed by atoms with Gasteiger partial charge in [-0.15, -0.1) is 0 Å². The molecule has 0 bridgehead atoms. The highest BCUT2D eigenvalue weighted by molar-refractivity contribution is 8.00. The van der Waals surface area contributed by atoms with E-state index in [4.69, 9.17) is 0 Å². The number of hydrogen-bond donors (Lipinski definition) is 1. The van der Waals surface area contributed by atoms with E-state index in [9.17, 15) is 49.1 Å². The Hall–Kier alpha value is -1.54. The van der Waals surface area contributed by atoms with Gasteiger partial charge < -0.3 is 14.8 Å². The number of rotatable bonds is 7. The van der Waals surface area contributed by atoms with Crippen LogP contribution < -0.4 is 5.32 Å². The molecule has 0 aliphatic carbocycles. The predicted molar refractivity (Wildman–Crippen MR) is 78.5 cm³/mol. The highest BCUT2D eigenvalue weighted by atomic mass is 32.2. The summed E-state index contributed by atoms with van der Waals surface area (Å²) in [6.45, 7) is 4.13. The molecule has 1 atom stereocenters. The van der Waals surface area contributed by atoms with E-state index in [2.05, 4.69) is 9.47 Å². The Labute approximate surface area is 157 Å². The molecule has 15 heteroatoms. The van der Waals surface area contributed by atoms with Crippen molar-refractivity contribution in [3.8, 4) is 0 Å². The third-order valence-electron chi connectivity index (χ3n) is 2.72. The van der Waals surface area contributed by atoms with Crippen LogP contribution in [0.4, 0.5) is 44.3 Å². The van der Waals surface area contributed by atoms with Gasteiger partial charge >= 0.3 is 35.3 Å². The number of halogens is 9. The van der Waals surface area contributed by atoms with Crippen molar-refractivity contribution >= 4 is 23.8 Å². The molecule has 1 amide bonds. The quantitative estimate of drug-likeness (QED) is 0.462. The number of carbonyl (C=O) groups is 2. The van der Waals surface area contributed by atoms with Crippen molar-refractivity contribution in [2.45, 2.75) is 55.7 Å². The molecule has 1 N–H and O–H groups in total. The summed E-state index contributed by atoms with van der Waals surface area (Å²) in [5.41, 5.74) is -1.12. The molecule has 0 aromatic heterocycles. The van der Waals surface area contributed by atoms with E-state index in [1.807, 2.05) is 0 Å². The van der Waals surface area contributed by atoms with Crippen LogP contribution in [0.1, 0.15) is 20.8 Å². The summed E-state index contributed by atoms with van der Waals surface area (Å²) in [7, 11) is 0.724. The number of alkyl halides is 9. The van der Waals surface area contributed by atoms with Crippen LogP contribution in [0.2, 0.25) is 0 Å². The minimum Gasteiger partial charge on any atom is -0.467 e. The third kappa shape index (κ3) is 6.24. The third-order valence-corrected chi connectivity index (χ3v) is 3.84. The van der Waals surface area contributed by atoms with Crippen LogP contribution in [0, 0.1) is 0 Å². The van der Waals surface area contributed by atoms with Crippen LogP contribution >= 0.6 is 11.8 Å². The normalized spacial score (nSPS) is 15.0. The molecule has 0 heterocycles. The molecule has 28 heavy (non-hydrogen) atoms. The van der Waals surface area contributed by atoms with Crippen LogP contribution in [0.25, 0.3) is 0 Å². The zero-order valence-corrected chi connectivity index (χ0v) is 15.5. The molecular weight excluding hydrogens is 437 g/mol. The monoisotopic (exact) mass is 453 g/mol. The van der Waals surface area contributed by atoms with E-state index in [1.165, 1.54) is 20.8 Å². The molecule has 0 unspecified atom stereocenters. The van der Waals surface area contributed by atoms with Crippen LogP contribution in [0.5, 0.6) is 0 Å². The fourth-order valence-corrected chi connectivity index (χ4v) is 2.30. The van der Waals surface area contributed by atoms with Crippen LogP contribution in [0.3, 0.4) is 0 Å². The molecule has 0 saturated carbocycles. The first-order chi connectivity index (χ1) is 12.2. The lowest BCUT2D eigenvalue weighted by Gasteiger charge is -2.33. The molecule has 0 aromatic carbocycles. The lowest BCUT2D eigenvalue weighted by atomic mass is 10.1. The molecule has 0 aliphatic heterocycles. The van der Waals surface area contributed by atoms with Gasteiger partial charge in [0.25, 0.3) is 0 Å². The lowest BCUT2D eigenvalue weighted by molar-refractivity contribution is -0.381. The summed E-state index contributed by atoms with van der Waals surface area (Å²) in [5, 5.41) is -4.29. The Bertz CT molecular complexity index is 575.